The maximum Gasteiger partial charge on any atom is 0.213 e. The molecule has 0 atom stereocenters. The second-order valence-electron chi connectivity index (χ2n) is 3.75. The average Bonchev–Trinajstić information content (AvgIpc) is 2.68. The minimum absolute atomic E-state index is 0.0622. The van der Waals surface area contributed by atoms with Gasteiger partial charge in [0.2, 0.25) is 15.9 Å². The number of hydrogen-bond acceptors (Lipinski definition) is 5. The predicted molar refractivity (Wildman–Crippen MR) is 65.0 cm³/mol. The van der Waals surface area contributed by atoms with E-state index >= 15 is 0 Å². The van der Waals surface area contributed by atoms with E-state index in [9.17, 15) is 8.42 Å². The van der Waals surface area contributed by atoms with Gasteiger partial charge in [0.1, 0.15) is 5.76 Å². The van der Waals surface area contributed by atoms with Crippen LogP contribution in [0.25, 0.3) is 0 Å². The molecule has 0 aliphatic heterocycles. The lowest BCUT2D eigenvalue weighted by Crippen LogP contribution is -2.31. The Balaban J connectivity index is 2.29. The van der Waals surface area contributed by atoms with Crippen molar-refractivity contribution in [2.75, 3.05) is 18.8 Å². The highest BCUT2D eigenvalue weighted by Gasteiger charge is 2.11. The van der Waals surface area contributed by atoms with Gasteiger partial charge < -0.3 is 9.73 Å². The van der Waals surface area contributed by atoms with Crippen molar-refractivity contribution in [3.05, 3.63) is 17.8 Å². The molecule has 0 saturated heterocycles. The summed E-state index contributed by atoms with van der Waals surface area (Å²) in [6.45, 7) is 5.18. The number of oxazole rings is 1. The number of sulfonamides is 1. The van der Waals surface area contributed by atoms with Gasteiger partial charge >= 0.3 is 0 Å². The average molecular weight is 261 g/mol. The normalized spacial score (nSPS) is 11.9. The summed E-state index contributed by atoms with van der Waals surface area (Å²) in [5, 5.41) is 3.04. The number of hydrogen-bond donors (Lipinski definition) is 2. The molecule has 1 heterocycles. The fourth-order valence-corrected chi connectivity index (χ4v) is 2.14. The van der Waals surface area contributed by atoms with Crippen LogP contribution in [0.2, 0.25) is 0 Å². The van der Waals surface area contributed by atoms with Crippen molar-refractivity contribution >= 4 is 10.0 Å². The lowest BCUT2D eigenvalue weighted by molar-refractivity contribution is 0.463. The molecule has 1 aromatic heterocycles. The molecule has 0 radical (unpaired) electrons. The Hall–Kier alpha value is -0.920. The van der Waals surface area contributed by atoms with Crippen molar-refractivity contribution < 1.29 is 12.8 Å². The Labute approximate surface area is 102 Å². The van der Waals surface area contributed by atoms with Crippen LogP contribution in [0.5, 0.6) is 0 Å². The molecule has 0 bridgehead atoms. The number of nitrogens with one attached hydrogen (secondary N) is 2. The summed E-state index contributed by atoms with van der Waals surface area (Å²) in [7, 11) is -3.26. The van der Waals surface area contributed by atoms with Crippen LogP contribution in [0.15, 0.2) is 10.6 Å². The molecule has 0 aliphatic carbocycles. The van der Waals surface area contributed by atoms with E-state index in [1.54, 1.807) is 13.1 Å². The van der Waals surface area contributed by atoms with E-state index in [0.29, 0.717) is 18.2 Å². The van der Waals surface area contributed by atoms with Crippen molar-refractivity contribution in [2.45, 2.75) is 26.8 Å². The first-order valence-electron chi connectivity index (χ1n) is 5.63. The van der Waals surface area contributed by atoms with Gasteiger partial charge in [-0.2, -0.15) is 0 Å². The van der Waals surface area contributed by atoms with E-state index < -0.39 is 10.0 Å². The molecule has 0 aliphatic rings. The van der Waals surface area contributed by atoms with Crippen molar-refractivity contribution in [1.29, 1.82) is 0 Å². The molecule has 1 aromatic rings. The smallest absolute Gasteiger partial charge is 0.213 e. The zero-order valence-electron chi connectivity index (χ0n) is 10.2. The minimum Gasteiger partial charge on any atom is -0.445 e. The Bertz CT molecular complexity index is 428. The molecule has 1 rings (SSSR count). The summed E-state index contributed by atoms with van der Waals surface area (Å²) in [4.78, 5) is 3.92. The lowest BCUT2D eigenvalue weighted by Gasteiger charge is -2.05. The summed E-state index contributed by atoms with van der Waals surface area (Å²) in [6.07, 6.45) is 2.55. The standard InChI is InChI=1S/C10H19N3O3S/c1-3-4-11-5-6-17(14,15)13-8-10-12-7-9(2)16-10/h7,11,13H,3-6,8H2,1-2H3. The van der Waals surface area contributed by atoms with Gasteiger partial charge in [-0.3, -0.25) is 0 Å². The molecule has 0 spiro atoms. The molecule has 0 amide bonds. The molecule has 7 heteroatoms. The van der Waals surface area contributed by atoms with Crippen LogP contribution in [-0.2, 0) is 16.6 Å². The Morgan fingerprint density at radius 2 is 2.18 bits per heavy atom. The maximum atomic E-state index is 11.6. The zero-order valence-corrected chi connectivity index (χ0v) is 11.0. The van der Waals surface area contributed by atoms with Crippen LogP contribution < -0.4 is 10.0 Å². The van der Waals surface area contributed by atoms with Crippen molar-refractivity contribution in [2.24, 2.45) is 0 Å². The molecule has 0 saturated carbocycles. The van der Waals surface area contributed by atoms with Gasteiger partial charge in [-0.15, -0.1) is 0 Å². The monoisotopic (exact) mass is 261 g/mol. The van der Waals surface area contributed by atoms with Crippen molar-refractivity contribution in [1.82, 2.24) is 15.0 Å². The van der Waals surface area contributed by atoms with Crippen LogP contribution in [0.4, 0.5) is 0 Å². The summed E-state index contributed by atoms with van der Waals surface area (Å²) < 4.78 is 30.7. The third-order valence-electron chi connectivity index (χ3n) is 2.09. The van der Waals surface area contributed by atoms with Crippen LogP contribution in [0.3, 0.4) is 0 Å². The summed E-state index contributed by atoms with van der Waals surface area (Å²) in [5.74, 6) is 1.11. The molecule has 98 valence electrons. The van der Waals surface area contributed by atoms with Gasteiger partial charge in [0.15, 0.2) is 0 Å². The Kier molecular flexibility index (Phi) is 5.60. The number of rotatable bonds is 8. The van der Waals surface area contributed by atoms with Gasteiger partial charge in [-0.25, -0.2) is 18.1 Å². The number of aryl methyl sites for hydroxylation is 1. The van der Waals surface area contributed by atoms with Crippen molar-refractivity contribution in [3.63, 3.8) is 0 Å². The zero-order chi connectivity index (χ0) is 12.7. The van der Waals surface area contributed by atoms with E-state index in [2.05, 4.69) is 15.0 Å². The summed E-state index contributed by atoms with van der Waals surface area (Å²) >= 11 is 0. The highest BCUT2D eigenvalue weighted by atomic mass is 32.2. The van der Waals surface area contributed by atoms with E-state index in [1.165, 1.54) is 0 Å². The highest BCUT2D eigenvalue weighted by Crippen LogP contribution is 2.01. The van der Waals surface area contributed by atoms with Gasteiger partial charge in [-0.05, 0) is 19.9 Å². The van der Waals surface area contributed by atoms with Crippen LogP contribution in [0.1, 0.15) is 25.0 Å². The first-order valence-corrected chi connectivity index (χ1v) is 7.28. The summed E-state index contributed by atoms with van der Waals surface area (Å²) in [5.41, 5.74) is 0. The number of nitrogens with zero attached hydrogens (tertiary/aromatic N) is 1. The van der Waals surface area contributed by atoms with E-state index in [0.717, 1.165) is 13.0 Å². The molecule has 2 N–H and O–H groups in total. The molecule has 0 unspecified atom stereocenters. The fraction of sp³-hybridized carbons (Fsp3) is 0.700. The first-order chi connectivity index (χ1) is 8.03. The van der Waals surface area contributed by atoms with E-state index in [-0.39, 0.29) is 12.3 Å². The molecular formula is C10H19N3O3S. The Morgan fingerprint density at radius 3 is 2.76 bits per heavy atom. The van der Waals surface area contributed by atoms with Gasteiger partial charge in [-0.1, -0.05) is 6.92 Å². The highest BCUT2D eigenvalue weighted by molar-refractivity contribution is 7.89. The first kappa shape index (κ1) is 14.1. The Morgan fingerprint density at radius 1 is 1.41 bits per heavy atom. The quantitative estimate of drug-likeness (QED) is 0.662. The van der Waals surface area contributed by atoms with Crippen molar-refractivity contribution in [3.8, 4) is 0 Å². The summed E-state index contributed by atoms with van der Waals surface area (Å²) in [6, 6.07) is 0. The van der Waals surface area contributed by atoms with Gasteiger partial charge in [0, 0.05) is 6.54 Å². The third-order valence-corrected chi connectivity index (χ3v) is 3.41. The molecule has 0 aromatic carbocycles. The largest absolute Gasteiger partial charge is 0.445 e. The topological polar surface area (TPSA) is 84.2 Å². The molecule has 17 heavy (non-hydrogen) atoms. The maximum absolute atomic E-state index is 11.6. The van der Waals surface area contributed by atoms with Gasteiger partial charge in [0.05, 0.1) is 18.5 Å². The predicted octanol–water partition coefficient (Wildman–Crippen LogP) is 0.402. The van der Waals surface area contributed by atoms with E-state index in [4.69, 9.17) is 4.42 Å². The second-order valence-corrected chi connectivity index (χ2v) is 5.68. The molecular weight excluding hydrogens is 242 g/mol. The number of aromatic nitrogens is 1. The van der Waals surface area contributed by atoms with Crippen LogP contribution >= 0.6 is 0 Å². The second kappa shape index (κ2) is 6.73. The third kappa shape index (κ3) is 5.81. The SMILES string of the molecule is CCCNCCS(=O)(=O)NCc1ncc(C)o1. The lowest BCUT2D eigenvalue weighted by atomic mass is 10.5. The van der Waals surface area contributed by atoms with Gasteiger partial charge in [0.25, 0.3) is 0 Å². The van der Waals surface area contributed by atoms with Crippen LogP contribution in [-0.4, -0.2) is 32.2 Å². The molecule has 0 fully saturated rings. The fourth-order valence-electron chi connectivity index (χ4n) is 1.24. The van der Waals surface area contributed by atoms with Crippen LogP contribution in [0, 0.1) is 6.92 Å². The minimum atomic E-state index is -3.26. The van der Waals surface area contributed by atoms with E-state index in [1.807, 2.05) is 6.92 Å². The molecule has 6 nitrogen and oxygen atoms in total.